The highest BCUT2D eigenvalue weighted by atomic mass is 16.2. The van der Waals surface area contributed by atoms with Crippen molar-refractivity contribution in [2.75, 3.05) is 207 Å². The first-order valence-corrected chi connectivity index (χ1v) is 50.0. The molecule has 0 unspecified atom stereocenters. The molecular formula is C98H120N48O4. The van der Waals surface area contributed by atoms with E-state index in [0.717, 1.165) is 217 Å². The molecule has 4 fully saturated rings. The van der Waals surface area contributed by atoms with E-state index < -0.39 is 0 Å². The number of aromatic amines is 4. The van der Waals surface area contributed by atoms with Crippen molar-refractivity contribution < 1.29 is 19.2 Å². The zero-order chi connectivity index (χ0) is 105. The lowest BCUT2D eigenvalue weighted by molar-refractivity contribution is -0.114. The number of nitrogens with zero attached hydrogens (tertiary/aromatic N) is 38. The maximum Gasteiger partial charge on any atom is 0.255 e. The number of aromatic nitrogens is 32. The number of benzene rings is 4. The van der Waals surface area contributed by atoms with E-state index >= 15 is 0 Å². The number of H-pyrrole nitrogens is 4. The van der Waals surface area contributed by atoms with Crippen molar-refractivity contribution in [1.82, 2.24) is 182 Å². The third-order valence-corrected chi connectivity index (χ3v) is 28.2. The van der Waals surface area contributed by atoms with Crippen LogP contribution in [-0.2, 0) is 19.2 Å². The van der Waals surface area contributed by atoms with Gasteiger partial charge in [0.25, 0.3) is 23.6 Å². The molecule has 4 aromatic carbocycles. The van der Waals surface area contributed by atoms with Crippen molar-refractivity contribution >= 4 is 137 Å². The van der Waals surface area contributed by atoms with Gasteiger partial charge < -0.3 is 80.9 Å². The van der Waals surface area contributed by atoms with E-state index in [1.54, 1.807) is 44.0 Å². The van der Waals surface area contributed by atoms with Gasteiger partial charge in [-0.3, -0.25) is 39.6 Å². The minimum Gasteiger partial charge on any atom is -0.354 e. The van der Waals surface area contributed by atoms with Gasteiger partial charge in [0.2, 0.25) is 23.8 Å². The van der Waals surface area contributed by atoms with Gasteiger partial charge in [-0.2, -0.15) is 20.4 Å². The monoisotopic (exact) mass is 2030 g/mol. The van der Waals surface area contributed by atoms with Gasteiger partial charge in [-0.15, -0.1) is 0 Å². The highest BCUT2D eigenvalue weighted by molar-refractivity contribution is 6.11. The van der Waals surface area contributed by atoms with Crippen LogP contribution in [0.1, 0.15) is 107 Å². The first-order valence-electron chi connectivity index (χ1n) is 50.0. The Kier molecular flexibility index (Phi) is 29.4. The van der Waals surface area contributed by atoms with Crippen molar-refractivity contribution in [3.63, 3.8) is 0 Å². The van der Waals surface area contributed by atoms with Crippen LogP contribution in [0.5, 0.6) is 0 Å². The maximum atomic E-state index is 13.4. The summed E-state index contributed by atoms with van der Waals surface area (Å²) >= 11 is 0. The normalized spacial score (nSPS) is 17.8. The van der Waals surface area contributed by atoms with Crippen molar-refractivity contribution in [2.45, 2.75) is 107 Å². The molecule has 0 bridgehead atoms. The Morgan fingerprint density at radius 3 is 0.740 bits per heavy atom. The summed E-state index contributed by atoms with van der Waals surface area (Å²) in [5.41, 5.74) is 17.4. The van der Waals surface area contributed by atoms with Crippen LogP contribution in [0.3, 0.4) is 0 Å². The number of nitrogens with one attached hydrogen (secondary N) is 10. The van der Waals surface area contributed by atoms with E-state index in [2.05, 4.69) is 218 Å². The van der Waals surface area contributed by atoms with E-state index in [-0.39, 0.29) is 47.8 Å². The van der Waals surface area contributed by atoms with E-state index in [9.17, 15) is 19.2 Å². The number of anilines is 12. The van der Waals surface area contributed by atoms with Crippen molar-refractivity contribution in [1.29, 1.82) is 0 Å². The Morgan fingerprint density at radius 2 is 0.513 bits per heavy atom. The number of likely N-dealkylation sites (N-methyl/N-ethyl adjacent to an activating group) is 2. The smallest absolute Gasteiger partial charge is 0.255 e. The minimum absolute atomic E-state index is 0.207. The number of carbonyl (C=O) groups excluding carboxylic acids is 4. The minimum atomic E-state index is -0.302. The zero-order valence-electron chi connectivity index (χ0n) is 86.8. The molecule has 16 aromatic rings. The van der Waals surface area contributed by atoms with E-state index in [0.29, 0.717) is 91.6 Å². The molecule has 0 spiro atoms. The Hall–Kier alpha value is -17.6. The predicted octanol–water partition coefficient (Wildman–Crippen LogP) is 8.09. The van der Waals surface area contributed by atoms with Crippen molar-refractivity contribution in [2.24, 2.45) is 0 Å². The highest BCUT2D eigenvalue weighted by Crippen LogP contribution is 2.42. The molecule has 52 nitrogen and oxygen atoms in total. The van der Waals surface area contributed by atoms with Crippen LogP contribution in [0, 0.1) is 0 Å². The molecule has 52 heteroatoms. The maximum absolute atomic E-state index is 13.4. The lowest BCUT2D eigenvalue weighted by Gasteiger charge is -2.33. The van der Waals surface area contributed by atoms with E-state index in [1.807, 2.05) is 228 Å². The second kappa shape index (κ2) is 43.6. The summed E-state index contributed by atoms with van der Waals surface area (Å²) in [5.74, 6) is 5.11. The third-order valence-electron chi connectivity index (χ3n) is 28.2. The molecule has 20 heterocycles. The topological polar surface area (TPSA) is 565 Å². The summed E-state index contributed by atoms with van der Waals surface area (Å²) in [5, 5.41) is 100. The van der Waals surface area contributed by atoms with Crippen LogP contribution < -0.4 is 71.1 Å². The number of hydrogen-bond donors (Lipinski definition) is 10. The number of fused-ring (bicyclic) bond motifs is 8. The summed E-state index contributed by atoms with van der Waals surface area (Å²) in [6.45, 7) is 38.1. The first-order chi connectivity index (χ1) is 72.8. The molecule has 8 aliphatic rings. The summed E-state index contributed by atoms with van der Waals surface area (Å²) in [6, 6.07) is 29.3. The van der Waals surface area contributed by atoms with Gasteiger partial charge in [0.15, 0.2) is 0 Å². The molecule has 24 rings (SSSR count). The Labute approximate surface area is 861 Å². The van der Waals surface area contributed by atoms with Gasteiger partial charge in [0.1, 0.15) is 71.4 Å². The molecule has 4 amide bonds. The number of allylic oxidation sites excluding steroid dienone is 4. The molecule has 4 atom stereocenters. The van der Waals surface area contributed by atoms with Crippen LogP contribution in [0.25, 0.3) is 89.2 Å². The first kappa shape index (κ1) is 101. The number of tetrazole rings is 4. The molecule has 0 saturated carbocycles. The molecule has 776 valence electrons. The second-order valence-corrected chi connectivity index (χ2v) is 36.9. The fraction of sp³-hybridized carbons (Fsp3) is 0.388. The zero-order valence-corrected chi connectivity index (χ0v) is 86.8. The quantitative estimate of drug-likeness (QED) is 0.0436. The average molecular weight is 2030 g/mol. The number of amides is 4. The van der Waals surface area contributed by atoms with Crippen LogP contribution >= 0.6 is 0 Å². The van der Waals surface area contributed by atoms with Crippen molar-refractivity contribution in [3.05, 3.63) is 167 Å². The molecule has 150 heavy (non-hydrogen) atoms. The molecule has 4 saturated heterocycles. The Bertz CT molecular complexity index is 7350. The Morgan fingerprint density at radius 1 is 0.293 bits per heavy atom. The molecule has 8 aliphatic heterocycles. The molecular weight excluding hydrogens is 1910 g/mol. The standard InChI is InChI=1S/2C24H28N12O.2C23H26N12O.2C2H6/c2*1-14-21(15(2)36-24(34(14)4)30-31-32-36)23(37)27-16-5-6-18-17(11-16)22(29-28-18)19-12-20(26-13-25-19)35-9-7-33(3)8-10-35;2*1-13-20(14(2)35-23(33(13)3)30-31-32-35)22(36)27-15-4-5-17-16(10-15)21(29-28-17)18-11-19(26-12-25-18)34-8-6-24-7-9-34;2*1-2/h2*5-6,11-13,15H,7-10H2,1-4H3,(H,27,37)(H,28,29);2*4-5,10-12,14,24H,6-9H2,1-3H3,(H,27,36)(H,28,29);2*1-2H3/t2*15-;2*14-;;/m1010../s1. The molecule has 0 aliphatic carbocycles. The van der Waals surface area contributed by atoms with Gasteiger partial charge in [0.05, 0.1) is 91.3 Å². The van der Waals surface area contributed by atoms with Gasteiger partial charge >= 0.3 is 0 Å². The number of rotatable bonds is 16. The molecule has 12 aromatic heterocycles. The van der Waals surface area contributed by atoms with Gasteiger partial charge in [0, 0.05) is 224 Å². The van der Waals surface area contributed by atoms with Gasteiger partial charge in [-0.05, 0) is 184 Å². The summed E-state index contributed by atoms with van der Waals surface area (Å²) < 4.78 is 6.58. The average Bonchev–Trinajstić information content (AvgIpc) is 1.56. The largest absolute Gasteiger partial charge is 0.354 e. The fourth-order valence-electron chi connectivity index (χ4n) is 19.5. The summed E-state index contributed by atoms with van der Waals surface area (Å²) in [6.07, 6.45) is 6.31. The van der Waals surface area contributed by atoms with E-state index in [4.69, 9.17) is 0 Å². The number of piperazine rings is 4. The lowest BCUT2D eigenvalue weighted by atomic mass is 10.0. The van der Waals surface area contributed by atoms with Crippen LogP contribution in [-0.4, -0.2) is 342 Å². The predicted molar refractivity (Wildman–Crippen MR) is 570 cm³/mol. The molecule has 0 radical (unpaired) electrons. The van der Waals surface area contributed by atoms with Crippen LogP contribution in [0.2, 0.25) is 0 Å². The lowest BCUT2D eigenvalue weighted by Crippen LogP contribution is -2.44. The number of carbonyl (C=O) groups is 4. The number of hydrogen-bond acceptors (Lipinski definition) is 40. The Balaban J connectivity index is 0.000000124. The second-order valence-electron chi connectivity index (χ2n) is 36.9. The fourth-order valence-corrected chi connectivity index (χ4v) is 19.5. The summed E-state index contributed by atoms with van der Waals surface area (Å²) in [4.78, 5) is 110. The van der Waals surface area contributed by atoms with Crippen LogP contribution in [0.15, 0.2) is 167 Å². The van der Waals surface area contributed by atoms with Gasteiger partial charge in [-0.1, -0.05) is 48.1 Å². The highest BCUT2D eigenvalue weighted by Gasteiger charge is 2.39. The SMILES string of the molecule is CC.CC.CC1=C(C(=O)Nc2ccc3[nH]nc(-c4cc(N5CCN(C)CC5)ncn4)c3c2)[C@@H](C)n2nnnc2N1C.CC1=C(C(=O)Nc2ccc3[nH]nc(-c4cc(N5CCN(C)CC5)ncn4)c3c2)[C@H](C)n2nnnc2N1C.CC1=C(C(=O)Nc2ccc3[nH]nc(-c4cc(N5CCNCC5)ncn4)c3c2)[C@@H](C)n2nnnc2N1C.CC1=C(C(=O)Nc2ccc3[nH]nc(-c4cc(N5CCNCC5)ncn4)c3c2)[C@H](C)n2nnnc2N1C. The van der Waals surface area contributed by atoms with E-state index in [1.165, 1.54) is 0 Å². The third kappa shape index (κ3) is 20.0. The van der Waals surface area contributed by atoms with Crippen molar-refractivity contribution in [3.8, 4) is 45.6 Å². The molecule has 10 N–H and O–H groups in total. The summed E-state index contributed by atoms with van der Waals surface area (Å²) in [7, 11) is 11.6. The van der Waals surface area contributed by atoms with Gasteiger partial charge in [-0.25, -0.2) is 58.6 Å². The van der Waals surface area contributed by atoms with Crippen LogP contribution in [0.4, 0.5) is 69.8 Å².